The Balaban J connectivity index is 0.000000428. The monoisotopic (exact) mass is 312 g/mol. The lowest BCUT2D eigenvalue weighted by molar-refractivity contribution is -0.120. The summed E-state index contributed by atoms with van der Waals surface area (Å²) in [6, 6.07) is 0. The van der Waals surface area contributed by atoms with Gasteiger partial charge in [0, 0.05) is 12.8 Å². The van der Waals surface area contributed by atoms with E-state index in [4.69, 9.17) is 4.74 Å². The van der Waals surface area contributed by atoms with Crippen LogP contribution in [0.5, 0.6) is 0 Å². The predicted molar refractivity (Wildman–Crippen MR) is 94.1 cm³/mol. The van der Waals surface area contributed by atoms with Crippen LogP contribution in [-0.4, -0.2) is 21.9 Å². The number of carbonyl (C=O) groups excluding carboxylic acids is 1. The van der Waals surface area contributed by atoms with Gasteiger partial charge in [0.25, 0.3) is 0 Å². The van der Waals surface area contributed by atoms with Crippen LogP contribution in [0.15, 0.2) is 23.9 Å². The van der Waals surface area contributed by atoms with E-state index in [1.807, 2.05) is 12.5 Å². The molecule has 0 radical (unpaired) electrons. The van der Waals surface area contributed by atoms with E-state index in [9.17, 15) is 4.79 Å². The first-order valence-corrected chi connectivity index (χ1v) is 14.8. The largest absolute Gasteiger partial charge is 0.474 e. The summed E-state index contributed by atoms with van der Waals surface area (Å²) in [7, 11) is -2.16. The topological polar surface area (TPSA) is 26.3 Å². The molecule has 1 rings (SSSR count). The molecular weight excluding hydrogens is 280 g/mol. The molecule has 4 heteroatoms. The third-order valence-electron chi connectivity index (χ3n) is 2.70. The lowest BCUT2D eigenvalue weighted by atomic mass is 10.00. The highest BCUT2D eigenvalue weighted by Gasteiger charge is 2.08. The average molecular weight is 313 g/mol. The number of hydrogen-bond donors (Lipinski definition) is 0. The maximum absolute atomic E-state index is 10.5. The maximum Gasteiger partial charge on any atom is 0.132 e. The molecule has 20 heavy (non-hydrogen) atoms. The van der Waals surface area contributed by atoms with Gasteiger partial charge in [0.1, 0.15) is 5.78 Å². The molecule has 1 fully saturated rings. The first-order valence-electron chi connectivity index (χ1n) is 7.63. The normalized spacial score (nSPS) is 17.2. The van der Waals surface area contributed by atoms with Crippen molar-refractivity contribution in [3.8, 4) is 0 Å². The maximum atomic E-state index is 10.5. The minimum atomic E-state index is -1.08. The molecule has 0 saturated heterocycles. The van der Waals surface area contributed by atoms with Gasteiger partial charge in [-0.05, 0) is 12.8 Å². The summed E-state index contributed by atoms with van der Waals surface area (Å²) in [5.41, 5.74) is 4.39. The van der Waals surface area contributed by atoms with E-state index in [-0.39, 0.29) is 0 Å². The Bertz CT molecular complexity index is 303. The van der Waals surface area contributed by atoms with Crippen molar-refractivity contribution in [1.29, 1.82) is 0 Å². The highest BCUT2D eigenvalue weighted by molar-refractivity contribution is 6.81. The fourth-order valence-electron chi connectivity index (χ4n) is 1.48. The van der Waals surface area contributed by atoms with Crippen LogP contribution in [0.2, 0.25) is 39.3 Å². The van der Waals surface area contributed by atoms with Gasteiger partial charge in [-0.25, -0.2) is 0 Å². The van der Waals surface area contributed by atoms with Crippen molar-refractivity contribution < 1.29 is 9.53 Å². The summed E-state index contributed by atoms with van der Waals surface area (Å²) in [4.78, 5) is 10.5. The average Bonchev–Trinajstić information content (AvgIpc) is 2.27. The molecule has 0 N–H and O–H groups in total. The Morgan fingerprint density at radius 1 is 0.800 bits per heavy atom. The van der Waals surface area contributed by atoms with Crippen molar-refractivity contribution in [3.05, 3.63) is 23.9 Å². The molecule has 2 nitrogen and oxygen atoms in total. The molecule has 0 aromatic heterocycles. The van der Waals surface area contributed by atoms with Gasteiger partial charge in [0.05, 0.1) is 28.7 Å². The zero-order chi connectivity index (χ0) is 15.6. The molecule has 1 aliphatic rings. The van der Waals surface area contributed by atoms with Crippen LogP contribution in [-0.2, 0) is 9.53 Å². The molecule has 0 aromatic rings. The summed E-state index contributed by atoms with van der Waals surface area (Å²) < 4.78 is 5.29. The van der Waals surface area contributed by atoms with Crippen LogP contribution in [0.25, 0.3) is 0 Å². The fraction of sp³-hybridized carbons (Fsp3) is 0.688. The molecule has 0 unspecified atom stereocenters. The summed E-state index contributed by atoms with van der Waals surface area (Å²) in [6.07, 6.45) is 8.88. The molecule has 0 spiro atoms. The van der Waals surface area contributed by atoms with Gasteiger partial charge in [-0.1, -0.05) is 57.1 Å². The number of hydrogen-bond acceptors (Lipinski definition) is 2. The van der Waals surface area contributed by atoms with E-state index >= 15 is 0 Å². The lowest BCUT2D eigenvalue weighted by Crippen LogP contribution is -2.16. The van der Waals surface area contributed by atoms with Crippen LogP contribution < -0.4 is 0 Å². The Kier molecular flexibility index (Phi) is 9.06. The standard InChI is InChI=1S/C10H22OSi2.C6H10O/c1-12(2,3)9-7-11-8-10-13(4,5)6;7-6-4-2-1-3-5-6/h7-10H,1-6H3;1-5H2. The molecule has 0 bridgehead atoms. The Morgan fingerprint density at radius 3 is 1.45 bits per heavy atom. The van der Waals surface area contributed by atoms with Gasteiger partial charge in [0.2, 0.25) is 0 Å². The van der Waals surface area contributed by atoms with E-state index in [0.29, 0.717) is 5.78 Å². The van der Waals surface area contributed by atoms with Gasteiger partial charge in [-0.2, -0.15) is 0 Å². The van der Waals surface area contributed by atoms with Gasteiger partial charge < -0.3 is 4.74 Å². The van der Waals surface area contributed by atoms with Gasteiger partial charge in [-0.3, -0.25) is 4.79 Å². The van der Waals surface area contributed by atoms with Crippen LogP contribution in [0.4, 0.5) is 0 Å². The van der Waals surface area contributed by atoms with E-state index in [0.717, 1.165) is 25.7 Å². The first kappa shape index (κ1) is 19.4. The molecule has 0 amide bonds. The second kappa shape index (κ2) is 9.34. The highest BCUT2D eigenvalue weighted by atomic mass is 28.3. The SMILES string of the molecule is C[Si](C)(C)C=COC=C[Si](C)(C)C.O=C1CCCCC1. The van der Waals surface area contributed by atoms with Gasteiger partial charge >= 0.3 is 0 Å². The minimum absolute atomic E-state index is 0.464. The summed E-state index contributed by atoms with van der Waals surface area (Å²) in [5.74, 6) is 0.464. The number of ether oxygens (including phenoxy) is 1. The minimum Gasteiger partial charge on any atom is -0.474 e. The van der Waals surface area contributed by atoms with E-state index in [2.05, 4.69) is 50.7 Å². The van der Waals surface area contributed by atoms with Crippen LogP contribution in [0.3, 0.4) is 0 Å². The van der Waals surface area contributed by atoms with Crippen molar-refractivity contribution in [2.45, 2.75) is 71.4 Å². The number of ketones is 1. The highest BCUT2D eigenvalue weighted by Crippen LogP contribution is 2.12. The van der Waals surface area contributed by atoms with Crippen LogP contribution >= 0.6 is 0 Å². The van der Waals surface area contributed by atoms with Crippen LogP contribution in [0, 0.1) is 0 Å². The molecule has 116 valence electrons. The predicted octanol–water partition coefficient (Wildman–Crippen LogP) is 5.30. The Labute approximate surface area is 127 Å². The van der Waals surface area contributed by atoms with Gasteiger partial charge in [-0.15, -0.1) is 0 Å². The van der Waals surface area contributed by atoms with Crippen molar-refractivity contribution in [2.75, 3.05) is 0 Å². The fourth-order valence-corrected chi connectivity index (χ4v) is 2.45. The molecule has 1 saturated carbocycles. The quantitative estimate of drug-likeness (QED) is 0.520. The smallest absolute Gasteiger partial charge is 0.132 e. The van der Waals surface area contributed by atoms with Crippen molar-refractivity contribution in [3.63, 3.8) is 0 Å². The second-order valence-electron chi connectivity index (χ2n) is 7.57. The van der Waals surface area contributed by atoms with E-state index in [1.54, 1.807) is 0 Å². The van der Waals surface area contributed by atoms with E-state index < -0.39 is 16.1 Å². The lowest BCUT2D eigenvalue weighted by Gasteiger charge is -2.08. The Morgan fingerprint density at radius 2 is 1.20 bits per heavy atom. The van der Waals surface area contributed by atoms with Crippen molar-refractivity contribution >= 4 is 21.9 Å². The zero-order valence-corrected chi connectivity index (χ0v) is 16.2. The Hall–Kier alpha value is -0.616. The molecular formula is C16H32O2Si2. The van der Waals surface area contributed by atoms with Crippen LogP contribution in [0.1, 0.15) is 32.1 Å². The molecule has 1 aliphatic carbocycles. The van der Waals surface area contributed by atoms with Crippen molar-refractivity contribution in [1.82, 2.24) is 0 Å². The third-order valence-corrected chi connectivity index (χ3v) is 4.98. The summed E-state index contributed by atoms with van der Waals surface area (Å²) >= 11 is 0. The van der Waals surface area contributed by atoms with Crippen molar-refractivity contribution in [2.24, 2.45) is 0 Å². The number of rotatable bonds is 4. The molecule has 0 heterocycles. The molecule has 0 atom stereocenters. The molecule has 0 aliphatic heterocycles. The number of carbonyl (C=O) groups is 1. The van der Waals surface area contributed by atoms with Gasteiger partial charge in [0.15, 0.2) is 0 Å². The summed E-state index contributed by atoms with van der Waals surface area (Å²) in [6.45, 7) is 13.7. The third kappa shape index (κ3) is 15.4. The summed E-state index contributed by atoms with van der Waals surface area (Å²) in [5, 5.41) is 0. The first-order chi connectivity index (χ1) is 9.10. The number of Topliss-reactive ketones (excluding diaryl/α,β-unsaturated/α-hetero) is 1. The second-order valence-corrected chi connectivity index (χ2v) is 17.7. The zero-order valence-electron chi connectivity index (χ0n) is 14.2. The van der Waals surface area contributed by atoms with E-state index in [1.165, 1.54) is 6.42 Å². The molecule has 0 aromatic carbocycles.